The molecule has 7 nitrogen and oxygen atoms in total. The second-order valence-corrected chi connectivity index (χ2v) is 3.47. The summed E-state index contributed by atoms with van der Waals surface area (Å²) in [4.78, 5) is 23.2. The van der Waals surface area contributed by atoms with Crippen LogP contribution in [0.4, 0.5) is 5.82 Å². The largest absolute Gasteiger partial charge is 0.480 e. The average molecular weight is 246 g/mol. The molecule has 0 radical (unpaired) electrons. The molecular weight excluding hydrogens is 236 g/mol. The highest BCUT2D eigenvalue weighted by atomic mass is 16.4. The number of rotatable bonds is 4. The molecule has 92 valence electrons. The summed E-state index contributed by atoms with van der Waals surface area (Å²) < 4.78 is 0. The van der Waals surface area contributed by atoms with Crippen molar-refractivity contribution in [1.82, 2.24) is 15.0 Å². The molecule has 1 aromatic carbocycles. The fourth-order valence-electron chi connectivity index (χ4n) is 1.33. The third-order valence-electron chi connectivity index (χ3n) is 2.09. The van der Waals surface area contributed by atoms with Gasteiger partial charge in [-0.3, -0.25) is 9.59 Å². The van der Waals surface area contributed by atoms with Crippen LogP contribution in [0.15, 0.2) is 36.5 Å². The van der Waals surface area contributed by atoms with Crippen LogP contribution in [-0.4, -0.2) is 32.0 Å². The Morgan fingerprint density at radius 3 is 2.67 bits per heavy atom. The summed E-state index contributed by atoms with van der Waals surface area (Å²) >= 11 is 0. The minimum Gasteiger partial charge on any atom is -0.480 e. The summed E-state index contributed by atoms with van der Waals surface area (Å²) in [5.41, 5.74) is 0.491. The van der Waals surface area contributed by atoms with Crippen LogP contribution in [0, 0.1) is 0 Å². The van der Waals surface area contributed by atoms with Gasteiger partial charge >= 0.3 is 5.97 Å². The van der Waals surface area contributed by atoms with Crippen molar-refractivity contribution in [3.63, 3.8) is 0 Å². The monoisotopic (exact) mass is 246 g/mol. The van der Waals surface area contributed by atoms with Gasteiger partial charge in [0.25, 0.3) is 5.91 Å². The normalized spacial score (nSPS) is 10.0. The molecule has 0 unspecified atom stereocenters. The van der Waals surface area contributed by atoms with E-state index >= 15 is 0 Å². The molecule has 2 aromatic rings. The predicted molar refractivity (Wildman–Crippen MR) is 62.1 cm³/mol. The van der Waals surface area contributed by atoms with Crippen molar-refractivity contribution in [2.24, 2.45) is 0 Å². The van der Waals surface area contributed by atoms with E-state index in [9.17, 15) is 9.59 Å². The van der Waals surface area contributed by atoms with Gasteiger partial charge in [-0.05, 0) is 12.1 Å². The SMILES string of the molecule is O=C(O)Cn1ncc(NC(=O)c2ccccc2)n1. The summed E-state index contributed by atoms with van der Waals surface area (Å²) in [5.74, 6) is -1.16. The molecule has 0 spiro atoms. The van der Waals surface area contributed by atoms with Crippen molar-refractivity contribution in [3.05, 3.63) is 42.1 Å². The van der Waals surface area contributed by atoms with Crippen molar-refractivity contribution in [2.45, 2.75) is 6.54 Å². The third-order valence-corrected chi connectivity index (χ3v) is 2.09. The van der Waals surface area contributed by atoms with Gasteiger partial charge in [-0.2, -0.15) is 9.90 Å². The van der Waals surface area contributed by atoms with Crippen LogP contribution in [0.5, 0.6) is 0 Å². The lowest BCUT2D eigenvalue weighted by Crippen LogP contribution is -2.14. The Morgan fingerprint density at radius 2 is 2.00 bits per heavy atom. The molecule has 1 heterocycles. The Morgan fingerprint density at radius 1 is 1.28 bits per heavy atom. The summed E-state index contributed by atoms with van der Waals surface area (Å²) in [6.45, 7) is -0.346. The van der Waals surface area contributed by atoms with Gasteiger partial charge in [-0.1, -0.05) is 18.2 Å². The van der Waals surface area contributed by atoms with E-state index in [-0.39, 0.29) is 18.3 Å². The first-order valence-electron chi connectivity index (χ1n) is 5.13. The zero-order chi connectivity index (χ0) is 13.0. The molecule has 7 heteroatoms. The Hall–Kier alpha value is -2.70. The number of aliphatic carboxylic acids is 1. The van der Waals surface area contributed by atoms with Crippen LogP contribution in [-0.2, 0) is 11.3 Å². The van der Waals surface area contributed by atoms with E-state index in [2.05, 4.69) is 15.5 Å². The highest BCUT2D eigenvalue weighted by Gasteiger charge is 2.09. The Bertz CT molecular complexity index is 565. The molecule has 1 aromatic heterocycles. The van der Waals surface area contributed by atoms with Gasteiger partial charge in [-0.15, -0.1) is 5.10 Å². The molecule has 2 rings (SSSR count). The molecular formula is C11H10N4O3. The number of hydrogen-bond acceptors (Lipinski definition) is 4. The molecule has 1 amide bonds. The van der Waals surface area contributed by atoms with Crippen LogP contribution < -0.4 is 5.32 Å². The summed E-state index contributed by atoms with van der Waals surface area (Å²) in [5, 5.41) is 18.6. The molecule has 0 aliphatic heterocycles. The van der Waals surface area contributed by atoms with Crippen molar-refractivity contribution >= 4 is 17.7 Å². The number of nitrogens with one attached hydrogen (secondary N) is 1. The molecule has 0 fully saturated rings. The highest BCUT2D eigenvalue weighted by molar-refractivity contribution is 6.03. The number of carbonyl (C=O) groups excluding carboxylic acids is 1. The molecule has 0 saturated heterocycles. The second-order valence-electron chi connectivity index (χ2n) is 3.47. The van der Waals surface area contributed by atoms with E-state index in [0.29, 0.717) is 5.56 Å². The molecule has 0 aliphatic rings. The van der Waals surface area contributed by atoms with Crippen molar-refractivity contribution in [2.75, 3.05) is 5.32 Å². The first kappa shape index (κ1) is 11.8. The number of anilines is 1. The van der Waals surface area contributed by atoms with Crippen molar-refractivity contribution in [3.8, 4) is 0 Å². The zero-order valence-corrected chi connectivity index (χ0v) is 9.28. The summed E-state index contributed by atoms with van der Waals surface area (Å²) in [6, 6.07) is 8.63. The number of aromatic nitrogens is 3. The number of hydrogen-bond donors (Lipinski definition) is 2. The number of amides is 1. The van der Waals surface area contributed by atoms with Crippen LogP contribution in [0.2, 0.25) is 0 Å². The molecule has 2 N–H and O–H groups in total. The van der Waals surface area contributed by atoms with E-state index < -0.39 is 5.97 Å². The summed E-state index contributed by atoms with van der Waals surface area (Å²) in [6.07, 6.45) is 1.30. The van der Waals surface area contributed by atoms with Gasteiger partial charge in [0.05, 0.1) is 6.20 Å². The molecule has 0 bridgehead atoms. The van der Waals surface area contributed by atoms with Crippen molar-refractivity contribution in [1.29, 1.82) is 0 Å². The quantitative estimate of drug-likeness (QED) is 0.824. The van der Waals surface area contributed by atoms with E-state index in [1.54, 1.807) is 30.3 Å². The maximum Gasteiger partial charge on any atom is 0.327 e. The Balaban J connectivity index is 2.04. The van der Waals surface area contributed by atoms with Gasteiger partial charge in [0, 0.05) is 5.56 Å². The molecule has 0 atom stereocenters. The zero-order valence-electron chi connectivity index (χ0n) is 9.28. The summed E-state index contributed by atoms with van der Waals surface area (Å²) in [7, 11) is 0. The van der Waals surface area contributed by atoms with Gasteiger partial charge in [0.2, 0.25) is 0 Å². The lowest BCUT2D eigenvalue weighted by atomic mass is 10.2. The number of nitrogens with zero attached hydrogens (tertiary/aromatic N) is 3. The predicted octanol–water partition coefficient (Wildman–Crippen LogP) is 0.615. The van der Waals surface area contributed by atoms with Crippen LogP contribution in [0.1, 0.15) is 10.4 Å². The third kappa shape index (κ3) is 2.91. The molecule has 18 heavy (non-hydrogen) atoms. The van der Waals surface area contributed by atoms with Gasteiger partial charge in [-0.25, -0.2) is 0 Å². The van der Waals surface area contributed by atoms with Crippen LogP contribution in [0.3, 0.4) is 0 Å². The topological polar surface area (TPSA) is 97.1 Å². The van der Waals surface area contributed by atoms with E-state index in [1.165, 1.54) is 6.20 Å². The first-order valence-corrected chi connectivity index (χ1v) is 5.13. The minimum absolute atomic E-state index is 0.213. The number of carboxylic acid groups (broad SMARTS) is 1. The lowest BCUT2D eigenvalue weighted by Gasteiger charge is -2.00. The smallest absolute Gasteiger partial charge is 0.327 e. The Labute approximate surface area is 102 Å². The Kier molecular flexibility index (Phi) is 3.33. The van der Waals surface area contributed by atoms with Crippen LogP contribution in [0.25, 0.3) is 0 Å². The fraction of sp³-hybridized carbons (Fsp3) is 0.0909. The number of benzene rings is 1. The van der Waals surface area contributed by atoms with Crippen molar-refractivity contribution < 1.29 is 14.7 Å². The number of carbonyl (C=O) groups is 2. The molecule has 0 saturated carbocycles. The highest BCUT2D eigenvalue weighted by Crippen LogP contribution is 2.04. The van der Waals surface area contributed by atoms with E-state index in [0.717, 1.165) is 4.80 Å². The lowest BCUT2D eigenvalue weighted by molar-refractivity contribution is -0.138. The fourth-order valence-corrected chi connectivity index (χ4v) is 1.33. The van der Waals surface area contributed by atoms with Gasteiger partial charge in [0.15, 0.2) is 12.4 Å². The maximum atomic E-state index is 11.7. The first-order chi connectivity index (χ1) is 8.65. The standard InChI is InChI=1S/C11H10N4O3/c16-10(17)7-15-12-6-9(14-15)13-11(18)8-4-2-1-3-5-8/h1-6H,7H2,(H,16,17)(H,13,14,18). The second kappa shape index (κ2) is 5.09. The van der Waals surface area contributed by atoms with Gasteiger partial charge < -0.3 is 10.4 Å². The van der Waals surface area contributed by atoms with Crippen LogP contribution >= 0.6 is 0 Å². The minimum atomic E-state index is -1.05. The van der Waals surface area contributed by atoms with E-state index in [1.807, 2.05) is 0 Å². The number of carboxylic acids is 1. The average Bonchev–Trinajstić information content (AvgIpc) is 2.76. The van der Waals surface area contributed by atoms with Gasteiger partial charge in [0.1, 0.15) is 0 Å². The van der Waals surface area contributed by atoms with E-state index in [4.69, 9.17) is 5.11 Å². The molecule has 0 aliphatic carbocycles. The maximum absolute atomic E-state index is 11.7.